The maximum atomic E-state index is 11.7. The fourth-order valence-electron chi connectivity index (χ4n) is 4.05. The number of halogens is 1. The van der Waals surface area contributed by atoms with Crippen LogP contribution in [-0.4, -0.2) is 19.0 Å². The summed E-state index contributed by atoms with van der Waals surface area (Å²) in [7, 11) is 0. The highest BCUT2D eigenvalue weighted by atomic mass is 35.5. The predicted molar refractivity (Wildman–Crippen MR) is 86.8 cm³/mol. The van der Waals surface area contributed by atoms with Crippen molar-refractivity contribution < 1.29 is 4.79 Å². The van der Waals surface area contributed by atoms with E-state index in [0.717, 1.165) is 24.7 Å². The van der Waals surface area contributed by atoms with E-state index < -0.39 is 0 Å². The Hall–Kier alpha value is -1.22. The molecule has 1 aromatic carbocycles. The fourth-order valence-corrected chi connectivity index (χ4v) is 4.22. The van der Waals surface area contributed by atoms with E-state index in [9.17, 15) is 4.79 Å². The molecule has 2 N–H and O–H groups in total. The van der Waals surface area contributed by atoms with Crippen LogP contribution in [0.2, 0.25) is 5.02 Å². The first-order valence-electron chi connectivity index (χ1n) is 7.90. The molecule has 4 heteroatoms. The molecule has 3 nitrogen and oxygen atoms in total. The topological polar surface area (TPSA) is 46.3 Å². The van der Waals surface area contributed by atoms with Crippen molar-refractivity contribution >= 4 is 23.2 Å². The van der Waals surface area contributed by atoms with Crippen LogP contribution in [0.25, 0.3) is 0 Å². The van der Waals surface area contributed by atoms with Gasteiger partial charge in [0, 0.05) is 18.1 Å². The summed E-state index contributed by atoms with van der Waals surface area (Å²) in [5.41, 5.74) is 7.04. The van der Waals surface area contributed by atoms with Gasteiger partial charge in [-0.25, -0.2) is 0 Å². The Bertz CT molecular complexity index is 530. The minimum atomic E-state index is -0.372. The highest BCUT2D eigenvalue weighted by Crippen LogP contribution is 2.40. The Balaban J connectivity index is 1.94. The molecular weight excluding hydrogens is 284 g/mol. The Labute approximate surface area is 131 Å². The monoisotopic (exact) mass is 306 g/mol. The summed E-state index contributed by atoms with van der Waals surface area (Å²) in [6, 6.07) is 5.39. The Morgan fingerprint density at radius 1 is 1.24 bits per heavy atom. The molecule has 1 heterocycles. The molecule has 1 saturated carbocycles. The summed E-state index contributed by atoms with van der Waals surface area (Å²) in [6.45, 7) is 4.42. The first-order valence-corrected chi connectivity index (χ1v) is 8.28. The number of primary amides is 1. The highest BCUT2D eigenvalue weighted by molar-refractivity contribution is 6.31. The van der Waals surface area contributed by atoms with Crippen LogP contribution in [0.1, 0.15) is 43.0 Å². The van der Waals surface area contributed by atoms with Gasteiger partial charge in [0.2, 0.25) is 0 Å². The van der Waals surface area contributed by atoms with Crippen LogP contribution in [0.5, 0.6) is 0 Å². The van der Waals surface area contributed by atoms with E-state index in [-0.39, 0.29) is 5.91 Å². The van der Waals surface area contributed by atoms with Gasteiger partial charge in [-0.05, 0) is 48.8 Å². The van der Waals surface area contributed by atoms with Crippen molar-refractivity contribution in [3.05, 3.63) is 28.8 Å². The number of carbonyl (C=O) groups excluding carboxylic acids is 1. The van der Waals surface area contributed by atoms with Crippen LogP contribution >= 0.6 is 11.6 Å². The van der Waals surface area contributed by atoms with E-state index >= 15 is 0 Å². The zero-order chi connectivity index (χ0) is 15.0. The van der Waals surface area contributed by atoms with Gasteiger partial charge >= 0.3 is 0 Å². The molecule has 1 aliphatic heterocycles. The van der Waals surface area contributed by atoms with Crippen molar-refractivity contribution in [3.8, 4) is 0 Å². The Morgan fingerprint density at radius 2 is 1.86 bits per heavy atom. The molecule has 3 rings (SSSR count). The summed E-state index contributed by atoms with van der Waals surface area (Å²) in [4.78, 5) is 14.0. The summed E-state index contributed by atoms with van der Waals surface area (Å²) in [5, 5.41) is 0.664. The number of piperidine rings is 1. The van der Waals surface area contributed by atoms with Gasteiger partial charge in [-0.15, -0.1) is 0 Å². The summed E-state index contributed by atoms with van der Waals surface area (Å²) >= 11 is 6.14. The zero-order valence-corrected chi connectivity index (χ0v) is 13.3. The summed E-state index contributed by atoms with van der Waals surface area (Å²) in [6.07, 6.45) is 5.25. The molecule has 2 fully saturated rings. The Kier molecular flexibility index (Phi) is 4.12. The molecule has 1 aromatic rings. The van der Waals surface area contributed by atoms with Crippen LogP contribution in [-0.2, 0) is 0 Å². The van der Waals surface area contributed by atoms with Crippen molar-refractivity contribution in [1.82, 2.24) is 0 Å². The first-order chi connectivity index (χ1) is 10.1. The third-order valence-corrected chi connectivity index (χ3v) is 5.60. The van der Waals surface area contributed by atoms with E-state index in [4.69, 9.17) is 17.3 Å². The van der Waals surface area contributed by atoms with Crippen molar-refractivity contribution in [1.29, 1.82) is 0 Å². The molecule has 2 atom stereocenters. The third kappa shape index (κ3) is 2.89. The second-order valence-corrected chi connectivity index (χ2v) is 7.03. The second-order valence-electron chi connectivity index (χ2n) is 6.59. The number of nitrogens with two attached hydrogens (primary N) is 1. The summed E-state index contributed by atoms with van der Waals surface area (Å²) in [5.74, 6) is 1.83. The quantitative estimate of drug-likeness (QED) is 0.905. The van der Waals surface area contributed by atoms with Crippen LogP contribution in [0, 0.1) is 17.8 Å². The molecule has 114 valence electrons. The van der Waals surface area contributed by atoms with Gasteiger partial charge in [-0.3, -0.25) is 4.79 Å². The lowest BCUT2D eigenvalue weighted by Crippen LogP contribution is -2.45. The summed E-state index contributed by atoms with van der Waals surface area (Å²) < 4.78 is 0. The van der Waals surface area contributed by atoms with Gasteiger partial charge in [0.15, 0.2) is 0 Å². The molecule has 0 aromatic heterocycles. The van der Waals surface area contributed by atoms with Crippen LogP contribution in [0.4, 0.5) is 5.69 Å². The maximum Gasteiger partial charge on any atom is 0.250 e. The van der Waals surface area contributed by atoms with Gasteiger partial charge in [0.1, 0.15) is 0 Å². The molecule has 1 amide bonds. The van der Waals surface area contributed by atoms with Crippen LogP contribution < -0.4 is 10.6 Å². The standard InChI is InChI=1S/C17H23ClN2O/c1-11-12-4-2-3-5-13(11)10-20(9-12)16-8-14(18)6-7-15(16)17(19)21/h6-8,11-13H,2-5,9-10H2,1H3,(H2,19,21). The number of nitrogens with zero attached hydrogens (tertiary/aromatic N) is 1. The van der Waals surface area contributed by atoms with Crippen molar-refractivity contribution in [2.75, 3.05) is 18.0 Å². The van der Waals surface area contributed by atoms with Gasteiger partial charge in [0.05, 0.1) is 11.3 Å². The van der Waals surface area contributed by atoms with Gasteiger partial charge in [0.25, 0.3) is 5.91 Å². The highest BCUT2D eigenvalue weighted by Gasteiger charge is 2.36. The average molecular weight is 307 g/mol. The first kappa shape index (κ1) is 14.7. The number of benzene rings is 1. The van der Waals surface area contributed by atoms with Gasteiger partial charge in [-0.2, -0.15) is 0 Å². The van der Waals surface area contributed by atoms with Crippen LogP contribution in [0.3, 0.4) is 0 Å². The molecule has 2 bridgehead atoms. The predicted octanol–water partition coefficient (Wildman–Crippen LogP) is 3.70. The van der Waals surface area contributed by atoms with Crippen molar-refractivity contribution in [3.63, 3.8) is 0 Å². The number of hydrogen-bond acceptors (Lipinski definition) is 2. The minimum Gasteiger partial charge on any atom is -0.370 e. The lowest BCUT2D eigenvalue weighted by atomic mass is 9.78. The number of rotatable bonds is 2. The lowest BCUT2D eigenvalue weighted by Gasteiger charge is -2.43. The molecular formula is C17H23ClN2O. The molecule has 1 aliphatic carbocycles. The molecule has 2 aliphatic rings. The van der Waals surface area contributed by atoms with E-state index in [0.29, 0.717) is 22.4 Å². The molecule has 0 radical (unpaired) electrons. The average Bonchev–Trinajstić information content (AvgIpc) is 2.56. The molecule has 0 spiro atoms. The van der Waals surface area contributed by atoms with E-state index in [1.54, 1.807) is 12.1 Å². The van der Waals surface area contributed by atoms with E-state index in [1.807, 2.05) is 6.07 Å². The number of hydrogen-bond donors (Lipinski definition) is 1. The number of fused-ring (bicyclic) bond motifs is 2. The normalized spacial score (nSPS) is 29.0. The number of anilines is 1. The smallest absolute Gasteiger partial charge is 0.250 e. The molecule has 21 heavy (non-hydrogen) atoms. The molecule has 1 saturated heterocycles. The molecule has 2 unspecified atom stereocenters. The number of amides is 1. The lowest BCUT2D eigenvalue weighted by molar-refractivity contribution is 0.100. The van der Waals surface area contributed by atoms with Crippen LogP contribution in [0.15, 0.2) is 18.2 Å². The third-order valence-electron chi connectivity index (χ3n) is 5.36. The largest absolute Gasteiger partial charge is 0.370 e. The van der Waals surface area contributed by atoms with Gasteiger partial charge < -0.3 is 10.6 Å². The number of carbonyl (C=O) groups is 1. The Morgan fingerprint density at radius 3 is 2.43 bits per heavy atom. The van der Waals surface area contributed by atoms with E-state index in [1.165, 1.54) is 25.7 Å². The van der Waals surface area contributed by atoms with E-state index in [2.05, 4.69) is 11.8 Å². The van der Waals surface area contributed by atoms with Crippen molar-refractivity contribution in [2.24, 2.45) is 23.5 Å². The zero-order valence-electron chi connectivity index (χ0n) is 12.5. The SMILES string of the molecule is CC1C2CCCCC1CN(c1cc(Cl)ccc1C(N)=O)C2. The van der Waals surface area contributed by atoms with Gasteiger partial charge in [-0.1, -0.05) is 31.4 Å². The second kappa shape index (κ2) is 5.88. The minimum absolute atomic E-state index is 0.372. The fraction of sp³-hybridized carbons (Fsp3) is 0.588. The maximum absolute atomic E-state index is 11.7. The van der Waals surface area contributed by atoms with Crippen molar-refractivity contribution in [2.45, 2.75) is 32.6 Å².